The van der Waals surface area contributed by atoms with Crippen molar-refractivity contribution in [3.63, 3.8) is 0 Å². The van der Waals surface area contributed by atoms with Gasteiger partial charge in [0.05, 0.1) is 5.52 Å². The van der Waals surface area contributed by atoms with Gasteiger partial charge in [-0.05, 0) is 40.2 Å². The second-order valence-corrected chi connectivity index (χ2v) is 4.90. The van der Waals surface area contributed by atoms with Crippen LogP contribution < -0.4 is 5.32 Å². The van der Waals surface area contributed by atoms with Gasteiger partial charge in [0, 0.05) is 18.4 Å². The first-order valence-electron chi connectivity index (χ1n) is 6.01. The quantitative estimate of drug-likeness (QED) is 0.798. The van der Waals surface area contributed by atoms with Crippen LogP contribution in [-0.2, 0) is 6.42 Å². The number of hydrogen-bond acceptors (Lipinski definition) is 4. The molecule has 19 heavy (non-hydrogen) atoms. The maximum atomic E-state index is 5.45. The monoisotopic (exact) mass is 317 g/mol. The number of fused-ring (bicyclic) bond motifs is 1. The Morgan fingerprint density at radius 1 is 1.11 bits per heavy atom. The van der Waals surface area contributed by atoms with Crippen LogP contribution >= 0.6 is 15.9 Å². The maximum absolute atomic E-state index is 5.45. The van der Waals surface area contributed by atoms with E-state index in [9.17, 15) is 0 Å². The van der Waals surface area contributed by atoms with Crippen LogP contribution in [0.15, 0.2) is 51.8 Å². The standard InChI is InChI=1S/C14H12BrN3O/c15-13-6-5-10(19-13)7-8-16-14-11-3-1-2-4-12(11)17-9-18-14/h1-6,9H,7-8H2,(H,16,17,18). The third-order valence-corrected chi connectivity index (χ3v) is 3.26. The maximum Gasteiger partial charge on any atom is 0.169 e. The molecule has 0 saturated carbocycles. The zero-order valence-electron chi connectivity index (χ0n) is 10.1. The van der Waals surface area contributed by atoms with Gasteiger partial charge >= 0.3 is 0 Å². The van der Waals surface area contributed by atoms with E-state index in [1.165, 1.54) is 0 Å². The van der Waals surface area contributed by atoms with Gasteiger partial charge < -0.3 is 9.73 Å². The molecule has 0 amide bonds. The number of anilines is 1. The first-order chi connectivity index (χ1) is 9.33. The van der Waals surface area contributed by atoms with E-state index >= 15 is 0 Å². The van der Waals surface area contributed by atoms with E-state index in [1.807, 2.05) is 36.4 Å². The van der Waals surface area contributed by atoms with E-state index in [2.05, 4.69) is 31.2 Å². The van der Waals surface area contributed by atoms with E-state index in [0.29, 0.717) is 0 Å². The number of rotatable bonds is 4. The van der Waals surface area contributed by atoms with Gasteiger partial charge in [0.1, 0.15) is 17.9 Å². The van der Waals surface area contributed by atoms with E-state index in [-0.39, 0.29) is 0 Å². The third kappa shape index (κ3) is 2.76. The Kier molecular flexibility index (Phi) is 3.46. The topological polar surface area (TPSA) is 51.0 Å². The van der Waals surface area contributed by atoms with Crippen LogP contribution in [0.3, 0.4) is 0 Å². The zero-order valence-corrected chi connectivity index (χ0v) is 11.7. The average Bonchev–Trinajstić information content (AvgIpc) is 2.85. The molecular formula is C14H12BrN3O. The van der Waals surface area contributed by atoms with E-state index in [4.69, 9.17) is 4.42 Å². The molecule has 0 atom stereocenters. The Morgan fingerprint density at radius 3 is 2.84 bits per heavy atom. The summed E-state index contributed by atoms with van der Waals surface area (Å²) in [6.45, 7) is 0.765. The molecule has 1 N–H and O–H groups in total. The average molecular weight is 318 g/mol. The second-order valence-electron chi connectivity index (χ2n) is 4.12. The summed E-state index contributed by atoms with van der Waals surface area (Å²) in [4.78, 5) is 8.52. The van der Waals surface area contributed by atoms with Crippen LogP contribution in [0.2, 0.25) is 0 Å². The molecule has 0 aliphatic carbocycles. The summed E-state index contributed by atoms with van der Waals surface area (Å²) in [5.74, 6) is 1.80. The highest BCUT2D eigenvalue weighted by Gasteiger charge is 2.03. The lowest BCUT2D eigenvalue weighted by Crippen LogP contribution is -2.06. The normalized spacial score (nSPS) is 10.8. The van der Waals surface area contributed by atoms with Crippen LogP contribution in [0, 0.1) is 0 Å². The molecule has 3 aromatic rings. The summed E-state index contributed by atoms with van der Waals surface area (Å²) < 4.78 is 6.21. The molecule has 0 radical (unpaired) electrons. The fourth-order valence-electron chi connectivity index (χ4n) is 1.94. The summed E-state index contributed by atoms with van der Waals surface area (Å²) in [5, 5.41) is 4.35. The molecule has 0 bridgehead atoms. The van der Waals surface area contributed by atoms with Crippen molar-refractivity contribution in [1.29, 1.82) is 0 Å². The molecule has 2 aromatic heterocycles. The number of furan rings is 1. The van der Waals surface area contributed by atoms with Crippen LogP contribution in [-0.4, -0.2) is 16.5 Å². The highest BCUT2D eigenvalue weighted by atomic mass is 79.9. The Bertz CT molecular complexity index is 690. The van der Waals surface area contributed by atoms with Gasteiger partial charge in [-0.25, -0.2) is 9.97 Å². The van der Waals surface area contributed by atoms with E-state index < -0.39 is 0 Å². The van der Waals surface area contributed by atoms with E-state index in [1.54, 1.807) is 6.33 Å². The molecule has 2 heterocycles. The number of para-hydroxylation sites is 1. The number of benzene rings is 1. The van der Waals surface area contributed by atoms with Gasteiger partial charge in [-0.1, -0.05) is 12.1 Å². The predicted octanol–water partition coefficient (Wildman–Crippen LogP) is 3.64. The minimum atomic E-state index is 0.759. The van der Waals surface area contributed by atoms with Gasteiger partial charge in [-0.15, -0.1) is 0 Å². The van der Waals surface area contributed by atoms with Crippen molar-refractivity contribution >= 4 is 32.7 Å². The minimum absolute atomic E-state index is 0.759. The van der Waals surface area contributed by atoms with Crippen molar-refractivity contribution in [1.82, 2.24) is 9.97 Å². The van der Waals surface area contributed by atoms with Gasteiger partial charge in [0.2, 0.25) is 0 Å². The van der Waals surface area contributed by atoms with Crippen LogP contribution in [0.1, 0.15) is 5.76 Å². The lowest BCUT2D eigenvalue weighted by molar-refractivity contribution is 0.491. The molecule has 4 nitrogen and oxygen atoms in total. The molecular weight excluding hydrogens is 306 g/mol. The summed E-state index contributed by atoms with van der Waals surface area (Å²) in [5.41, 5.74) is 0.945. The van der Waals surface area contributed by atoms with Gasteiger partial charge in [-0.2, -0.15) is 0 Å². The summed E-state index contributed by atoms with van der Waals surface area (Å²) in [6.07, 6.45) is 2.39. The predicted molar refractivity (Wildman–Crippen MR) is 78.1 cm³/mol. The molecule has 0 aliphatic heterocycles. The molecule has 3 rings (SSSR count). The highest BCUT2D eigenvalue weighted by Crippen LogP contribution is 2.19. The number of hydrogen-bond donors (Lipinski definition) is 1. The smallest absolute Gasteiger partial charge is 0.169 e. The number of nitrogens with zero attached hydrogens (tertiary/aromatic N) is 2. The Balaban J connectivity index is 1.71. The molecule has 5 heteroatoms. The van der Waals surface area contributed by atoms with Crippen molar-refractivity contribution in [3.8, 4) is 0 Å². The van der Waals surface area contributed by atoms with Crippen molar-refractivity contribution in [3.05, 3.63) is 53.2 Å². The first-order valence-corrected chi connectivity index (χ1v) is 6.80. The van der Waals surface area contributed by atoms with Gasteiger partial charge in [-0.3, -0.25) is 0 Å². The minimum Gasteiger partial charge on any atom is -0.454 e. The number of aromatic nitrogens is 2. The largest absolute Gasteiger partial charge is 0.454 e. The van der Waals surface area contributed by atoms with Crippen LogP contribution in [0.4, 0.5) is 5.82 Å². The van der Waals surface area contributed by atoms with Gasteiger partial charge in [0.25, 0.3) is 0 Å². The zero-order chi connectivity index (χ0) is 13.1. The van der Waals surface area contributed by atoms with Crippen LogP contribution in [0.25, 0.3) is 10.9 Å². The Hall–Kier alpha value is -1.88. The van der Waals surface area contributed by atoms with Crippen molar-refractivity contribution < 1.29 is 4.42 Å². The van der Waals surface area contributed by atoms with Crippen molar-refractivity contribution in [2.75, 3.05) is 11.9 Å². The van der Waals surface area contributed by atoms with Gasteiger partial charge in [0.15, 0.2) is 4.67 Å². The fraction of sp³-hybridized carbons (Fsp3) is 0.143. The lowest BCUT2D eigenvalue weighted by Gasteiger charge is -2.06. The summed E-state index contributed by atoms with van der Waals surface area (Å²) in [6, 6.07) is 11.8. The lowest BCUT2D eigenvalue weighted by atomic mass is 10.2. The molecule has 96 valence electrons. The fourth-order valence-corrected chi connectivity index (χ4v) is 2.28. The molecule has 1 aromatic carbocycles. The number of nitrogens with one attached hydrogen (secondary N) is 1. The Labute approximate surface area is 119 Å². The molecule has 0 aliphatic rings. The van der Waals surface area contributed by atoms with Crippen molar-refractivity contribution in [2.45, 2.75) is 6.42 Å². The third-order valence-electron chi connectivity index (χ3n) is 2.84. The SMILES string of the molecule is Brc1ccc(CCNc2ncnc3ccccc23)o1. The van der Waals surface area contributed by atoms with Crippen molar-refractivity contribution in [2.24, 2.45) is 0 Å². The molecule has 0 unspecified atom stereocenters. The van der Waals surface area contributed by atoms with E-state index in [0.717, 1.165) is 40.1 Å². The molecule has 0 saturated heterocycles. The summed E-state index contributed by atoms with van der Waals surface area (Å²) >= 11 is 3.29. The second kappa shape index (κ2) is 5.40. The number of halogens is 1. The summed E-state index contributed by atoms with van der Waals surface area (Å²) in [7, 11) is 0. The highest BCUT2D eigenvalue weighted by molar-refractivity contribution is 9.10. The Morgan fingerprint density at radius 2 is 2.00 bits per heavy atom. The van der Waals surface area contributed by atoms with Crippen LogP contribution in [0.5, 0.6) is 0 Å². The molecule has 0 spiro atoms. The first kappa shape index (κ1) is 12.2. The molecule has 0 fully saturated rings.